The van der Waals surface area contributed by atoms with Crippen molar-refractivity contribution in [1.29, 1.82) is 0 Å². The van der Waals surface area contributed by atoms with E-state index in [1.54, 1.807) is 48.5 Å². The number of para-hydroxylation sites is 2. The van der Waals surface area contributed by atoms with E-state index in [2.05, 4.69) is 10.6 Å². The summed E-state index contributed by atoms with van der Waals surface area (Å²) >= 11 is 5.97. The average molecular weight is 481 g/mol. The van der Waals surface area contributed by atoms with Crippen molar-refractivity contribution in [3.63, 3.8) is 0 Å². The molecular formula is C26H25ClN2O5. The number of carbonyl (C=O) groups is 3. The fourth-order valence-corrected chi connectivity index (χ4v) is 3.27. The minimum absolute atomic E-state index is 0.0778. The quantitative estimate of drug-likeness (QED) is 0.386. The van der Waals surface area contributed by atoms with Gasteiger partial charge >= 0.3 is 5.97 Å². The van der Waals surface area contributed by atoms with Crippen LogP contribution in [-0.4, -0.2) is 24.4 Å². The maximum Gasteiger partial charge on any atom is 0.306 e. The zero-order valence-corrected chi connectivity index (χ0v) is 19.6. The van der Waals surface area contributed by atoms with Crippen molar-refractivity contribution in [1.82, 2.24) is 0 Å². The predicted octanol–water partition coefficient (Wildman–Crippen LogP) is 5.65. The molecule has 0 aliphatic rings. The van der Waals surface area contributed by atoms with E-state index in [0.29, 0.717) is 22.1 Å². The molecule has 2 N–H and O–H groups in total. The van der Waals surface area contributed by atoms with Gasteiger partial charge in [-0.25, -0.2) is 0 Å². The van der Waals surface area contributed by atoms with Gasteiger partial charge in [0.1, 0.15) is 11.5 Å². The third-order valence-corrected chi connectivity index (χ3v) is 5.16. The number of aryl methyl sites for hydroxylation is 2. The lowest BCUT2D eigenvalue weighted by Crippen LogP contribution is -2.22. The number of halogens is 1. The molecule has 0 aliphatic carbocycles. The van der Waals surface area contributed by atoms with Crippen LogP contribution in [0.25, 0.3) is 0 Å². The first kappa shape index (κ1) is 24.8. The van der Waals surface area contributed by atoms with E-state index in [1.165, 1.54) is 0 Å². The van der Waals surface area contributed by atoms with Gasteiger partial charge in [-0.3, -0.25) is 14.4 Å². The number of nitrogens with one attached hydrogen (secondary N) is 2. The fourth-order valence-electron chi connectivity index (χ4n) is 3.09. The van der Waals surface area contributed by atoms with E-state index in [4.69, 9.17) is 21.1 Å². The van der Waals surface area contributed by atoms with Gasteiger partial charge in [0.15, 0.2) is 6.61 Å². The van der Waals surface area contributed by atoms with Crippen LogP contribution in [0, 0.1) is 13.8 Å². The Labute approximate surface area is 203 Å². The highest BCUT2D eigenvalue weighted by atomic mass is 35.5. The molecule has 0 atom stereocenters. The molecule has 0 spiro atoms. The summed E-state index contributed by atoms with van der Waals surface area (Å²) in [5, 5.41) is 5.65. The fraction of sp³-hybridized carbons (Fsp3) is 0.192. The van der Waals surface area contributed by atoms with Crippen molar-refractivity contribution in [3.8, 4) is 11.5 Å². The highest BCUT2D eigenvalue weighted by Gasteiger charge is 2.12. The molecule has 3 rings (SSSR count). The van der Waals surface area contributed by atoms with Crippen LogP contribution in [0.15, 0.2) is 66.7 Å². The van der Waals surface area contributed by atoms with Gasteiger partial charge < -0.3 is 20.1 Å². The van der Waals surface area contributed by atoms with E-state index >= 15 is 0 Å². The zero-order valence-electron chi connectivity index (χ0n) is 18.9. The highest BCUT2D eigenvalue weighted by Crippen LogP contribution is 2.29. The Morgan fingerprint density at radius 2 is 1.47 bits per heavy atom. The van der Waals surface area contributed by atoms with Crippen LogP contribution in [0.5, 0.6) is 11.5 Å². The van der Waals surface area contributed by atoms with E-state index < -0.39 is 18.5 Å². The molecule has 0 aromatic heterocycles. The molecule has 0 fully saturated rings. The SMILES string of the molecule is Cc1cccc(C)c1Oc1ccc(NC(=O)CCC(=O)OCC(=O)Nc2ccccc2Cl)cc1. The molecule has 0 heterocycles. The molecule has 3 aromatic rings. The molecule has 3 aromatic carbocycles. The summed E-state index contributed by atoms with van der Waals surface area (Å²) in [7, 11) is 0. The molecule has 0 saturated carbocycles. The number of ether oxygens (including phenoxy) is 2. The summed E-state index contributed by atoms with van der Waals surface area (Å²) in [5.41, 5.74) is 3.07. The number of amides is 2. The number of rotatable bonds is 9. The van der Waals surface area contributed by atoms with Crippen LogP contribution < -0.4 is 15.4 Å². The minimum atomic E-state index is -0.651. The number of carbonyl (C=O) groups excluding carboxylic acids is 3. The minimum Gasteiger partial charge on any atom is -0.457 e. The molecule has 7 nitrogen and oxygen atoms in total. The molecule has 34 heavy (non-hydrogen) atoms. The molecule has 0 bridgehead atoms. The van der Waals surface area contributed by atoms with Crippen molar-refractivity contribution < 1.29 is 23.9 Å². The smallest absolute Gasteiger partial charge is 0.306 e. The summed E-state index contributed by atoms with van der Waals surface area (Å²) in [6.45, 7) is 3.49. The molecule has 0 unspecified atom stereocenters. The second-order valence-corrected chi connectivity index (χ2v) is 7.99. The normalized spacial score (nSPS) is 10.3. The summed E-state index contributed by atoms with van der Waals surface area (Å²) in [5.74, 6) is -0.0656. The Morgan fingerprint density at radius 1 is 0.794 bits per heavy atom. The largest absolute Gasteiger partial charge is 0.457 e. The van der Waals surface area contributed by atoms with Crippen LogP contribution in [-0.2, 0) is 19.1 Å². The van der Waals surface area contributed by atoms with Gasteiger partial charge in [-0.05, 0) is 61.4 Å². The lowest BCUT2D eigenvalue weighted by Gasteiger charge is -2.12. The van der Waals surface area contributed by atoms with Crippen molar-refractivity contribution >= 4 is 40.8 Å². The first-order valence-electron chi connectivity index (χ1n) is 10.7. The number of hydrogen-bond acceptors (Lipinski definition) is 5. The van der Waals surface area contributed by atoms with Crippen LogP contribution in [0.4, 0.5) is 11.4 Å². The maximum atomic E-state index is 12.2. The third kappa shape index (κ3) is 7.35. The molecule has 0 saturated heterocycles. The zero-order chi connectivity index (χ0) is 24.5. The number of anilines is 2. The summed E-state index contributed by atoms with van der Waals surface area (Å²) in [4.78, 5) is 35.9. The van der Waals surface area contributed by atoms with Gasteiger partial charge in [-0.2, -0.15) is 0 Å². The number of esters is 1. The van der Waals surface area contributed by atoms with Gasteiger partial charge in [-0.15, -0.1) is 0 Å². The second-order valence-electron chi connectivity index (χ2n) is 7.58. The Morgan fingerprint density at radius 3 is 2.15 bits per heavy atom. The van der Waals surface area contributed by atoms with E-state index in [0.717, 1.165) is 16.9 Å². The first-order valence-corrected chi connectivity index (χ1v) is 11.0. The van der Waals surface area contributed by atoms with E-state index in [9.17, 15) is 14.4 Å². The van der Waals surface area contributed by atoms with E-state index in [1.807, 2.05) is 32.0 Å². The Hall–Kier alpha value is -3.84. The first-order chi connectivity index (χ1) is 16.3. The van der Waals surface area contributed by atoms with Crippen LogP contribution in [0.3, 0.4) is 0 Å². The van der Waals surface area contributed by atoms with Crippen molar-refractivity contribution in [2.24, 2.45) is 0 Å². The van der Waals surface area contributed by atoms with Gasteiger partial charge in [-0.1, -0.05) is 41.9 Å². The summed E-state index contributed by atoms with van der Waals surface area (Å²) in [6, 6.07) is 19.6. The van der Waals surface area contributed by atoms with Gasteiger partial charge in [0.2, 0.25) is 5.91 Å². The van der Waals surface area contributed by atoms with Gasteiger partial charge in [0, 0.05) is 12.1 Å². The molecule has 8 heteroatoms. The Bertz CT molecular complexity index is 1160. The Kier molecular flexibility index (Phi) is 8.65. The standard InChI is InChI=1S/C26H25ClN2O5/c1-17-6-5-7-18(2)26(17)34-20-12-10-19(11-13-20)28-23(30)14-15-25(32)33-16-24(31)29-22-9-4-3-8-21(22)27/h3-13H,14-16H2,1-2H3,(H,28,30)(H,29,31). The summed E-state index contributed by atoms with van der Waals surface area (Å²) in [6.07, 6.45) is -0.232. The van der Waals surface area contributed by atoms with Crippen molar-refractivity contribution in [2.75, 3.05) is 17.2 Å². The maximum absolute atomic E-state index is 12.2. The third-order valence-electron chi connectivity index (χ3n) is 4.84. The van der Waals surface area contributed by atoms with Gasteiger partial charge in [0.25, 0.3) is 5.91 Å². The lowest BCUT2D eigenvalue weighted by atomic mass is 10.1. The monoisotopic (exact) mass is 480 g/mol. The van der Waals surface area contributed by atoms with Crippen molar-refractivity contribution in [3.05, 3.63) is 82.9 Å². The second kappa shape index (κ2) is 11.9. The molecule has 2 amide bonds. The molecule has 0 aliphatic heterocycles. The van der Waals surface area contributed by atoms with Crippen molar-refractivity contribution in [2.45, 2.75) is 26.7 Å². The molecule has 0 radical (unpaired) electrons. The molecular weight excluding hydrogens is 456 g/mol. The topological polar surface area (TPSA) is 93.7 Å². The predicted molar refractivity (Wildman–Crippen MR) is 131 cm³/mol. The summed E-state index contributed by atoms with van der Waals surface area (Å²) < 4.78 is 10.9. The lowest BCUT2D eigenvalue weighted by molar-refractivity contribution is -0.147. The van der Waals surface area contributed by atoms with Crippen LogP contribution >= 0.6 is 11.6 Å². The average Bonchev–Trinajstić information content (AvgIpc) is 2.81. The van der Waals surface area contributed by atoms with Gasteiger partial charge in [0.05, 0.1) is 17.1 Å². The van der Waals surface area contributed by atoms with Crippen LogP contribution in [0.2, 0.25) is 5.02 Å². The highest BCUT2D eigenvalue weighted by molar-refractivity contribution is 6.33. The number of hydrogen-bond donors (Lipinski definition) is 2. The molecule has 176 valence electrons. The Balaban J connectivity index is 1.40. The van der Waals surface area contributed by atoms with Crippen LogP contribution in [0.1, 0.15) is 24.0 Å². The van der Waals surface area contributed by atoms with E-state index in [-0.39, 0.29) is 18.7 Å². The number of benzene rings is 3.